The van der Waals surface area contributed by atoms with Crippen LogP contribution >= 0.6 is 22.9 Å². The first-order valence-corrected chi connectivity index (χ1v) is 14.9. The molecule has 8 aromatic rings. The first-order valence-electron chi connectivity index (χ1n) is 13.7. The normalized spacial score (nSPS) is 11.5. The standard InChI is InChI=1S/C37H22ClN3S/c38-31-21-20-27(26-19-18-25(22-30(26)31)23-10-3-1-4-11-23)36-39-35(24-12-5-2-6-13-24)40-37(41-36)29-15-9-17-33-34(29)28-14-7-8-16-32(28)42-33/h1-22H. The molecule has 0 saturated carbocycles. The number of fused-ring (bicyclic) bond motifs is 4. The van der Waals surface area contributed by atoms with Crippen LogP contribution in [0.3, 0.4) is 0 Å². The summed E-state index contributed by atoms with van der Waals surface area (Å²) >= 11 is 8.58. The van der Waals surface area contributed by atoms with E-state index in [4.69, 9.17) is 26.6 Å². The van der Waals surface area contributed by atoms with E-state index in [1.54, 1.807) is 11.3 Å². The highest BCUT2D eigenvalue weighted by Gasteiger charge is 2.18. The predicted molar refractivity (Wildman–Crippen MR) is 177 cm³/mol. The highest BCUT2D eigenvalue weighted by atomic mass is 35.5. The molecular formula is C37H22ClN3S. The van der Waals surface area contributed by atoms with Gasteiger partial charge >= 0.3 is 0 Å². The third-order valence-corrected chi connectivity index (χ3v) is 9.09. The van der Waals surface area contributed by atoms with Crippen molar-refractivity contribution in [2.45, 2.75) is 0 Å². The zero-order chi connectivity index (χ0) is 28.0. The van der Waals surface area contributed by atoms with Gasteiger partial charge in [-0.15, -0.1) is 11.3 Å². The van der Waals surface area contributed by atoms with E-state index in [1.807, 2.05) is 60.7 Å². The number of benzene rings is 6. The second-order valence-electron chi connectivity index (χ2n) is 10.2. The summed E-state index contributed by atoms with van der Waals surface area (Å²) in [6.45, 7) is 0. The Morgan fingerprint density at radius 2 is 1.10 bits per heavy atom. The molecule has 0 aliphatic heterocycles. The molecule has 0 aliphatic rings. The third kappa shape index (κ3) is 4.24. The average molecular weight is 576 g/mol. The van der Waals surface area contributed by atoms with Crippen molar-refractivity contribution in [2.75, 3.05) is 0 Å². The Balaban J connectivity index is 1.38. The van der Waals surface area contributed by atoms with Crippen LogP contribution in [0.15, 0.2) is 133 Å². The van der Waals surface area contributed by atoms with Crippen molar-refractivity contribution < 1.29 is 0 Å². The lowest BCUT2D eigenvalue weighted by Gasteiger charge is -2.12. The minimum Gasteiger partial charge on any atom is -0.208 e. The van der Waals surface area contributed by atoms with Crippen LogP contribution < -0.4 is 0 Å². The Hall–Kier alpha value is -4.90. The van der Waals surface area contributed by atoms with Gasteiger partial charge < -0.3 is 0 Å². The molecular weight excluding hydrogens is 554 g/mol. The molecule has 0 aliphatic carbocycles. The Kier molecular flexibility index (Phi) is 6.03. The van der Waals surface area contributed by atoms with Gasteiger partial charge in [0.25, 0.3) is 0 Å². The molecule has 0 N–H and O–H groups in total. The van der Waals surface area contributed by atoms with Gasteiger partial charge in [0.05, 0.1) is 0 Å². The molecule has 0 radical (unpaired) electrons. The molecule has 0 atom stereocenters. The van der Waals surface area contributed by atoms with Crippen LogP contribution in [0.2, 0.25) is 5.02 Å². The van der Waals surface area contributed by atoms with E-state index in [1.165, 1.54) is 20.2 Å². The van der Waals surface area contributed by atoms with Gasteiger partial charge in [0.1, 0.15) is 0 Å². The van der Waals surface area contributed by atoms with Crippen LogP contribution in [0.4, 0.5) is 0 Å². The molecule has 8 rings (SSSR count). The SMILES string of the molecule is Clc1ccc(-c2nc(-c3ccccc3)nc(-c3cccc4sc5ccccc5c34)n2)c2ccc(-c3ccccc3)cc12. The predicted octanol–water partition coefficient (Wildman–Crippen LogP) is 10.7. The lowest BCUT2D eigenvalue weighted by molar-refractivity contribution is 1.08. The average Bonchev–Trinajstić information content (AvgIpc) is 3.44. The van der Waals surface area contributed by atoms with Gasteiger partial charge in [0.2, 0.25) is 0 Å². The first-order chi connectivity index (χ1) is 20.7. The molecule has 0 saturated heterocycles. The fourth-order valence-electron chi connectivity index (χ4n) is 5.61. The van der Waals surface area contributed by atoms with E-state index in [0.717, 1.165) is 38.6 Å². The minimum atomic E-state index is 0.615. The fourth-order valence-corrected chi connectivity index (χ4v) is 6.96. The van der Waals surface area contributed by atoms with Gasteiger partial charge in [0.15, 0.2) is 17.5 Å². The largest absolute Gasteiger partial charge is 0.208 e. The molecule has 0 fully saturated rings. The summed E-state index contributed by atoms with van der Waals surface area (Å²) in [7, 11) is 0. The third-order valence-electron chi connectivity index (χ3n) is 7.62. The summed E-state index contributed by atoms with van der Waals surface area (Å²) in [6, 6.07) is 45.7. The van der Waals surface area contributed by atoms with Crippen molar-refractivity contribution in [1.82, 2.24) is 15.0 Å². The fraction of sp³-hybridized carbons (Fsp3) is 0. The molecule has 0 amide bonds. The highest BCUT2D eigenvalue weighted by Crippen LogP contribution is 2.40. The van der Waals surface area contributed by atoms with Crippen LogP contribution in [-0.2, 0) is 0 Å². The van der Waals surface area contributed by atoms with Crippen molar-refractivity contribution in [1.29, 1.82) is 0 Å². The molecule has 5 heteroatoms. The van der Waals surface area contributed by atoms with Gasteiger partial charge in [-0.3, -0.25) is 0 Å². The quantitative estimate of drug-likeness (QED) is 0.209. The lowest BCUT2D eigenvalue weighted by Crippen LogP contribution is -2.01. The summed E-state index contributed by atoms with van der Waals surface area (Å²) in [4.78, 5) is 15.2. The molecule has 6 aromatic carbocycles. The van der Waals surface area contributed by atoms with Crippen LogP contribution in [0.1, 0.15) is 0 Å². The number of thiophene rings is 1. The number of nitrogens with zero attached hydrogens (tertiary/aromatic N) is 3. The monoisotopic (exact) mass is 575 g/mol. The highest BCUT2D eigenvalue weighted by molar-refractivity contribution is 7.25. The van der Waals surface area contributed by atoms with Crippen LogP contribution in [-0.4, -0.2) is 15.0 Å². The Morgan fingerprint density at radius 1 is 0.429 bits per heavy atom. The van der Waals surface area contributed by atoms with E-state index in [-0.39, 0.29) is 0 Å². The topological polar surface area (TPSA) is 38.7 Å². The summed E-state index contributed by atoms with van der Waals surface area (Å²) in [5, 5.41) is 5.03. The first kappa shape index (κ1) is 24.9. The van der Waals surface area contributed by atoms with Crippen LogP contribution in [0.25, 0.3) is 76.2 Å². The Labute approximate surface area is 251 Å². The molecule has 2 aromatic heterocycles. The van der Waals surface area contributed by atoms with E-state index in [0.29, 0.717) is 22.5 Å². The van der Waals surface area contributed by atoms with E-state index < -0.39 is 0 Å². The molecule has 198 valence electrons. The molecule has 42 heavy (non-hydrogen) atoms. The van der Waals surface area contributed by atoms with Crippen molar-refractivity contribution in [3.05, 3.63) is 138 Å². The number of rotatable bonds is 4. The maximum Gasteiger partial charge on any atom is 0.164 e. The molecule has 0 spiro atoms. The van der Waals surface area contributed by atoms with Gasteiger partial charge in [-0.25, -0.2) is 15.0 Å². The molecule has 2 heterocycles. The van der Waals surface area contributed by atoms with Gasteiger partial charge in [-0.2, -0.15) is 0 Å². The van der Waals surface area contributed by atoms with Crippen molar-refractivity contribution in [3.63, 3.8) is 0 Å². The number of hydrogen-bond donors (Lipinski definition) is 0. The summed E-state index contributed by atoms with van der Waals surface area (Å²) in [6.07, 6.45) is 0. The van der Waals surface area contributed by atoms with E-state index >= 15 is 0 Å². The summed E-state index contributed by atoms with van der Waals surface area (Å²) in [5.41, 5.74) is 5.10. The zero-order valence-electron chi connectivity index (χ0n) is 22.3. The number of halogens is 1. The summed E-state index contributed by atoms with van der Waals surface area (Å²) < 4.78 is 2.46. The van der Waals surface area contributed by atoms with Gasteiger partial charge in [-0.1, -0.05) is 115 Å². The minimum absolute atomic E-state index is 0.615. The Morgan fingerprint density at radius 3 is 1.90 bits per heavy atom. The van der Waals surface area contributed by atoms with Gasteiger partial charge in [-0.05, 0) is 46.8 Å². The second kappa shape index (κ2) is 10.2. The molecule has 3 nitrogen and oxygen atoms in total. The van der Waals surface area contributed by atoms with Crippen molar-refractivity contribution >= 4 is 53.9 Å². The van der Waals surface area contributed by atoms with Crippen LogP contribution in [0.5, 0.6) is 0 Å². The molecule has 0 bridgehead atoms. The van der Waals surface area contributed by atoms with E-state index in [2.05, 4.69) is 72.8 Å². The van der Waals surface area contributed by atoms with Crippen molar-refractivity contribution in [3.8, 4) is 45.3 Å². The smallest absolute Gasteiger partial charge is 0.164 e. The van der Waals surface area contributed by atoms with Gasteiger partial charge in [0, 0.05) is 47.3 Å². The number of hydrogen-bond acceptors (Lipinski definition) is 4. The lowest BCUT2D eigenvalue weighted by atomic mass is 9.98. The van der Waals surface area contributed by atoms with Crippen LogP contribution in [0, 0.1) is 0 Å². The number of aromatic nitrogens is 3. The maximum absolute atomic E-state index is 6.79. The van der Waals surface area contributed by atoms with Crippen molar-refractivity contribution in [2.24, 2.45) is 0 Å². The zero-order valence-corrected chi connectivity index (χ0v) is 23.9. The summed E-state index contributed by atoms with van der Waals surface area (Å²) in [5.74, 6) is 1.90. The second-order valence-corrected chi connectivity index (χ2v) is 11.7. The molecule has 0 unspecified atom stereocenters. The Bertz CT molecular complexity index is 2260. The maximum atomic E-state index is 6.79. The van der Waals surface area contributed by atoms with E-state index in [9.17, 15) is 0 Å².